The fourth-order valence-electron chi connectivity index (χ4n) is 3.28. The van der Waals surface area contributed by atoms with E-state index in [1.807, 2.05) is 17.9 Å². The highest BCUT2D eigenvalue weighted by Gasteiger charge is 2.25. The summed E-state index contributed by atoms with van der Waals surface area (Å²) in [5, 5.41) is 7.72. The maximum Gasteiger partial charge on any atom is 0.194 e. The Bertz CT molecular complexity index is 707. The van der Waals surface area contributed by atoms with E-state index < -0.39 is 0 Å². The Hall–Kier alpha value is -1.82. The second-order valence-electron chi connectivity index (χ2n) is 6.62. The van der Waals surface area contributed by atoms with Gasteiger partial charge in [0.2, 0.25) is 0 Å². The van der Waals surface area contributed by atoms with E-state index in [0.717, 1.165) is 36.5 Å². The molecule has 1 saturated heterocycles. The van der Waals surface area contributed by atoms with Crippen molar-refractivity contribution in [3.8, 4) is 0 Å². The van der Waals surface area contributed by atoms with E-state index in [9.17, 15) is 0 Å². The molecule has 134 valence electrons. The van der Waals surface area contributed by atoms with Crippen LogP contribution in [-0.2, 0) is 20.0 Å². The van der Waals surface area contributed by atoms with Crippen LogP contribution in [0.5, 0.6) is 0 Å². The fourth-order valence-corrected chi connectivity index (χ4v) is 3.55. The van der Waals surface area contributed by atoms with Gasteiger partial charge in [-0.1, -0.05) is 28.1 Å². The quantitative estimate of drug-likeness (QED) is 0.615. The van der Waals surface area contributed by atoms with Crippen molar-refractivity contribution in [3.63, 3.8) is 0 Å². The Balaban J connectivity index is 1.60. The number of hydrogen-bond acceptors (Lipinski definition) is 2. The van der Waals surface area contributed by atoms with Gasteiger partial charge < -0.3 is 10.2 Å². The highest BCUT2D eigenvalue weighted by Crippen LogP contribution is 2.21. The SMILES string of the molecule is CCNC(=NCc1ccc(Br)cc1)N1CCC(Cc2cnn(C)c2)C1. The lowest BCUT2D eigenvalue weighted by Gasteiger charge is -2.21. The number of guanidine groups is 1. The van der Waals surface area contributed by atoms with Crippen molar-refractivity contribution in [1.29, 1.82) is 0 Å². The molecule has 3 rings (SSSR count). The Morgan fingerprint density at radius 3 is 2.80 bits per heavy atom. The molecule has 1 unspecified atom stereocenters. The molecule has 1 aliphatic rings. The molecule has 0 bridgehead atoms. The van der Waals surface area contributed by atoms with E-state index in [2.05, 4.69) is 68.6 Å². The monoisotopic (exact) mass is 403 g/mol. The number of likely N-dealkylation sites (tertiary alicyclic amines) is 1. The van der Waals surface area contributed by atoms with E-state index in [0.29, 0.717) is 12.5 Å². The van der Waals surface area contributed by atoms with Gasteiger partial charge in [-0.25, -0.2) is 4.99 Å². The van der Waals surface area contributed by atoms with Crippen molar-refractivity contribution >= 4 is 21.9 Å². The third-order valence-corrected chi connectivity index (χ3v) is 5.06. The van der Waals surface area contributed by atoms with Crippen molar-refractivity contribution in [2.24, 2.45) is 18.0 Å². The van der Waals surface area contributed by atoms with E-state index in [1.165, 1.54) is 17.5 Å². The molecule has 1 aromatic heterocycles. The maximum atomic E-state index is 4.84. The number of hydrogen-bond donors (Lipinski definition) is 1. The van der Waals surface area contributed by atoms with Gasteiger partial charge in [0.1, 0.15) is 0 Å². The molecule has 1 aromatic carbocycles. The summed E-state index contributed by atoms with van der Waals surface area (Å²) in [5.41, 5.74) is 2.55. The standard InChI is InChI=1S/C19H26BrN5/c1-3-21-19(22-11-15-4-6-18(20)7-5-15)25-9-8-16(14-25)10-17-12-23-24(2)13-17/h4-7,12-13,16H,3,8-11,14H2,1-2H3,(H,21,22). The Morgan fingerprint density at radius 1 is 1.32 bits per heavy atom. The maximum absolute atomic E-state index is 4.84. The summed E-state index contributed by atoms with van der Waals surface area (Å²) in [5.74, 6) is 1.69. The first-order chi connectivity index (χ1) is 12.1. The van der Waals surface area contributed by atoms with Gasteiger partial charge in [-0.05, 0) is 48.9 Å². The largest absolute Gasteiger partial charge is 0.357 e. The third-order valence-electron chi connectivity index (χ3n) is 4.53. The van der Waals surface area contributed by atoms with Gasteiger partial charge in [0.05, 0.1) is 12.7 Å². The molecule has 0 spiro atoms. The van der Waals surface area contributed by atoms with Crippen LogP contribution in [0.3, 0.4) is 0 Å². The lowest BCUT2D eigenvalue weighted by atomic mass is 10.0. The molecule has 2 aromatic rings. The number of aliphatic imine (C=N–C) groups is 1. The van der Waals surface area contributed by atoms with Crippen LogP contribution in [0, 0.1) is 5.92 Å². The topological polar surface area (TPSA) is 45.5 Å². The third kappa shape index (κ3) is 5.08. The zero-order valence-electron chi connectivity index (χ0n) is 15.0. The van der Waals surface area contributed by atoms with Gasteiger partial charge in [0.15, 0.2) is 5.96 Å². The molecular formula is C19H26BrN5. The second-order valence-corrected chi connectivity index (χ2v) is 7.54. The highest BCUT2D eigenvalue weighted by molar-refractivity contribution is 9.10. The Labute approximate surface area is 158 Å². The van der Waals surface area contributed by atoms with Gasteiger partial charge in [0.25, 0.3) is 0 Å². The summed E-state index contributed by atoms with van der Waals surface area (Å²) in [6.07, 6.45) is 6.40. The van der Waals surface area contributed by atoms with E-state index in [-0.39, 0.29) is 0 Å². The predicted octanol–water partition coefficient (Wildman–Crippen LogP) is 3.21. The molecule has 25 heavy (non-hydrogen) atoms. The van der Waals surface area contributed by atoms with E-state index in [4.69, 9.17) is 4.99 Å². The Kier molecular flexibility index (Phi) is 6.13. The van der Waals surface area contributed by atoms with Gasteiger partial charge in [-0.2, -0.15) is 5.10 Å². The summed E-state index contributed by atoms with van der Waals surface area (Å²) in [6, 6.07) is 8.37. The summed E-state index contributed by atoms with van der Waals surface area (Å²) in [7, 11) is 1.97. The van der Waals surface area contributed by atoms with E-state index >= 15 is 0 Å². The normalized spacial score (nSPS) is 18.0. The van der Waals surface area contributed by atoms with Crippen LogP contribution in [-0.4, -0.2) is 40.3 Å². The molecule has 6 heteroatoms. The summed E-state index contributed by atoms with van der Waals surface area (Å²) in [6.45, 7) is 5.85. The average molecular weight is 404 g/mol. The lowest BCUT2D eigenvalue weighted by molar-refractivity contribution is 0.460. The molecule has 1 fully saturated rings. The van der Waals surface area contributed by atoms with Crippen LogP contribution in [0.4, 0.5) is 0 Å². The first kappa shape index (κ1) is 18.0. The van der Waals surface area contributed by atoms with Crippen LogP contribution in [0.1, 0.15) is 24.5 Å². The van der Waals surface area contributed by atoms with Crippen LogP contribution < -0.4 is 5.32 Å². The zero-order valence-corrected chi connectivity index (χ0v) is 16.5. The van der Waals surface area contributed by atoms with Gasteiger partial charge in [-0.15, -0.1) is 0 Å². The molecule has 1 aliphatic heterocycles. The van der Waals surface area contributed by atoms with Crippen LogP contribution in [0.15, 0.2) is 46.1 Å². The van der Waals surface area contributed by atoms with Crippen LogP contribution in [0.25, 0.3) is 0 Å². The number of aryl methyl sites for hydroxylation is 1. The number of halogens is 1. The van der Waals surface area contributed by atoms with Gasteiger partial charge in [-0.3, -0.25) is 4.68 Å². The molecule has 0 saturated carbocycles. The lowest BCUT2D eigenvalue weighted by Crippen LogP contribution is -2.40. The average Bonchev–Trinajstić information content (AvgIpc) is 3.22. The minimum absolute atomic E-state index is 0.667. The van der Waals surface area contributed by atoms with Crippen molar-refractivity contribution in [2.75, 3.05) is 19.6 Å². The van der Waals surface area contributed by atoms with Gasteiger partial charge >= 0.3 is 0 Å². The number of benzene rings is 1. The fraction of sp³-hybridized carbons (Fsp3) is 0.474. The number of aromatic nitrogens is 2. The van der Waals surface area contributed by atoms with Gasteiger partial charge in [0, 0.05) is 37.4 Å². The number of rotatable bonds is 5. The zero-order chi connectivity index (χ0) is 17.6. The van der Waals surface area contributed by atoms with Crippen LogP contribution in [0.2, 0.25) is 0 Å². The minimum atomic E-state index is 0.667. The molecule has 0 amide bonds. The Morgan fingerprint density at radius 2 is 2.12 bits per heavy atom. The van der Waals surface area contributed by atoms with E-state index in [1.54, 1.807) is 0 Å². The molecule has 5 nitrogen and oxygen atoms in total. The smallest absolute Gasteiger partial charge is 0.194 e. The summed E-state index contributed by atoms with van der Waals surface area (Å²) < 4.78 is 2.98. The molecule has 1 atom stereocenters. The molecule has 0 radical (unpaired) electrons. The second kappa shape index (κ2) is 8.52. The molecule has 2 heterocycles. The molecule has 1 N–H and O–H groups in total. The molecule has 0 aliphatic carbocycles. The first-order valence-corrected chi connectivity index (χ1v) is 9.68. The van der Waals surface area contributed by atoms with Crippen LogP contribution >= 0.6 is 15.9 Å². The first-order valence-electron chi connectivity index (χ1n) is 8.89. The van der Waals surface area contributed by atoms with Crippen molar-refractivity contribution in [3.05, 3.63) is 52.3 Å². The summed E-state index contributed by atoms with van der Waals surface area (Å²) >= 11 is 3.48. The number of nitrogens with zero attached hydrogens (tertiary/aromatic N) is 4. The predicted molar refractivity (Wildman–Crippen MR) is 106 cm³/mol. The van der Waals surface area contributed by atoms with Crippen molar-refractivity contribution in [1.82, 2.24) is 20.0 Å². The summed E-state index contributed by atoms with van der Waals surface area (Å²) in [4.78, 5) is 7.23. The van der Waals surface area contributed by atoms with Crippen molar-refractivity contribution < 1.29 is 0 Å². The number of nitrogens with one attached hydrogen (secondary N) is 1. The molecular weight excluding hydrogens is 378 g/mol. The minimum Gasteiger partial charge on any atom is -0.357 e. The highest BCUT2D eigenvalue weighted by atomic mass is 79.9. The van der Waals surface area contributed by atoms with Crippen molar-refractivity contribution in [2.45, 2.75) is 26.3 Å².